The van der Waals surface area contributed by atoms with Crippen LogP contribution in [-0.4, -0.2) is 70.6 Å². The summed E-state index contributed by atoms with van der Waals surface area (Å²) in [6.07, 6.45) is 0.0368. The number of benzene rings is 1. The first-order chi connectivity index (χ1) is 14.1. The normalized spacial score (nSPS) is 31.8. The van der Waals surface area contributed by atoms with Crippen molar-refractivity contribution in [3.05, 3.63) is 35.9 Å². The Hall–Kier alpha value is -1.06. The number of hydrogen-bond acceptors (Lipinski definition) is 7. The van der Waals surface area contributed by atoms with Crippen molar-refractivity contribution in [2.75, 3.05) is 13.2 Å². The maximum atomic E-state index is 10.3. The van der Waals surface area contributed by atoms with Gasteiger partial charge in [-0.3, -0.25) is 0 Å². The van der Waals surface area contributed by atoms with Crippen LogP contribution in [0, 0.1) is 5.92 Å². The van der Waals surface area contributed by atoms with Crippen molar-refractivity contribution in [3.8, 4) is 0 Å². The molecule has 3 rings (SSSR count). The van der Waals surface area contributed by atoms with E-state index in [4.69, 9.17) is 14.2 Å². The number of rotatable bonds is 10. The molecule has 1 aliphatic carbocycles. The van der Waals surface area contributed by atoms with Crippen molar-refractivity contribution in [1.82, 2.24) is 0 Å². The van der Waals surface area contributed by atoms with Crippen LogP contribution in [0.2, 0.25) is 0 Å². The molecule has 7 nitrogen and oxygen atoms in total. The molecule has 1 aliphatic heterocycles. The number of aliphatic hydroxyl groups is 4. The Morgan fingerprint density at radius 3 is 2.41 bits per heavy atom. The van der Waals surface area contributed by atoms with Gasteiger partial charge in [0.1, 0.15) is 24.4 Å². The standard InChI is InChI=1S/C22H34O7/c23-13-17-19(24)20(25)21(26)22(28-17)29-18(27-14-16-9-4-5-10-16)12-6-11-15-7-2-1-3-8-15/h1-3,7-8,16-26H,4-6,9-14H2/t17-,18?,19-,20+,21-,22+/m1/s1. The van der Waals surface area contributed by atoms with Gasteiger partial charge in [-0.25, -0.2) is 0 Å². The van der Waals surface area contributed by atoms with E-state index in [-0.39, 0.29) is 0 Å². The molecule has 7 heteroatoms. The van der Waals surface area contributed by atoms with Crippen molar-refractivity contribution in [3.63, 3.8) is 0 Å². The lowest BCUT2D eigenvalue weighted by Crippen LogP contribution is -2.59. The maximum absolute atomic E-state index is 10.3. The molecule has 0 spiro atoms. The van der Waals surface area contributed by atoms with Gasteiger partial charge in [-0.1, -0.05) is 43.2 Å². The molecule has 2 aliphatic rings. The molecule has 2 fully saturated rings. The largest absolute Gasteiger partial charge is 0.394 e. The van der Waals surface area contributed by atoms with Crippen LogP contribution >= 0.6 is 0 Å². The van der Waals surface area contributed by atoms with Gasteiger partial charge >= 0.3 is 0 Å². The van der Waals surface area contributed by atoms with Gasteiger partial charge in [-0.15, -0.1) is 0 Å². The van der Waals surface area contributed by atoms with Crippen LogP contribution in [0.5, 0.6) is 0 Å². The molecule has 29 heavy (non-hydrogen) atoms. The molecule has 1 saturated heterocycles. The highest BCUT2D eigenvalue weighted by Gasteiger charge is 2.45. The van der Waals surface area contributed by atoms with Crippen LogP contribution < -0.4 is 0 Å². The fourth-order valence-corrected chi connectivity index (χ4v) is 4.06. The first-order valence-corrected chi connectivity index (χ1v) is 10.7. The van der Waals surface area contributed by atoms with E-state index in [0.29, 0.717) is 18.9 Å². The highest BCUT2D eigenvalue weighted by atomic mass is 16.8. The van der Waals surface area contributed by atoms with Gasteiger partial charge < -0.3 is 34.6 Å². The lowest BCUT2D eigenvalue weighted by molar-refractivity contribution is -0.338. The topological polar surface area (TPSA) is 109 Å². The fourth-order valence-electron chi connectivity index (χ4n) is 4.06. The van der Waals surface area contributed by atoms with Gasteiger partial charge in [0.15, 0.2) is 12.6 Å². The van der Waals surface area contributed by atoms with Crippen LogP contribution in [0.3, 0.4) is 0 Å². The smallest absolute Gasteiger partial charge is 0.189 e. The first-order valence-electron chi connectivity index (χ1n) is 10.7. The highest BCUT2D eigenvalue weighted by molar-refractivity contribution is 5.14. The zero-order valence-corrected chi connectivity index (χ0v) is 16.8. The molecule has 1 unspecified atom stereocenters. The summed E-state index contributed by atoms with van der Waals surface area (Å²) in [5.41, 5.74) is 1.23. The van der Waals surface area contributed by atoms with E-state index in [0.717, 1.165) is 25.7 Å². The van der Waals surface area contributed by atoms with E-state index in [1.807, 2.05) is 18.2 Å². The number of aliphatic hydroxyl groups excluding tert-OH is 4. The minimum atomic E-state index is -1.45. The zero-order chi connectivity index (χ0) is 20.6. The molecule has 1 aromatic rings. The summed E-state index contributed by atoms with van der Waals surface area (Å²) in [6.45, 7) is 0.111. The Morgan fingerprint density at radius 1 is 1.00 bits per heavy atom. The molecule has 1 heterocycles. The average Bonchev–Trinajstić information content (AvgIpc) is 3.26. The van der Waals surface area contributed by atoms with Crippen LogP contribution in [0.25, 0.3) is 0 Å². The fraction of sp³-hybridized carbons (Fsp3) is 0.727. The molecule has 1 saturated carbocycles. The third-order valence-corrected chi connectivity index (χ3v) is 5.88. The Morgan fingerprint density at radius 2 is 1.72 bits per heavy atom. The lowest BCUT2D eigenvalue weighted by atomic mass is 9.99. The third-order valence-electron chi connectivity index (χ3n) is 5.88. The Bertz CT molecular complexity index is 576. The van der Waals surface area contributed by atoms with E-state index in [2.05, 4.69) is 12.1 Å². The minimum absolute atomic E-state index is 0.480. The van der Waals surface area contributed by atoms with E-state index in [1.165, 1.54) is 18.4 Å². The highest BCUT2D eigenvalue weighted by Crippen LogP contribution is 2.27. The first kappa shape index (κ1) is 22.6. The second-order valence-corrected chi connectivity index (χ2v) is 8.12. The predicted molar refractivity (Wildman–Crippen MR) is 106 cm³/mol. The zero-order valence-electron chi connectivity index (χ0n) is 16.8. The molecule has 1 aromatic carbocycles. The van der Waals surface area contributed by atoms with Gasteiger partial charge in [0.25, 0.3) is 0 Å². The van der Waals surface area contributed by atoms with Crippen molar-refractivity contribution in [2.45, 2.75) is 81.9 Å². The van der Waals surface area contributed by atoms with Crippen LogP contribution in [-0.2, 0) is 20.6 Å². The molecular weight excluding hydrogens is 376 g/mol. The van der Waals surface area contributed by atoms with E-state index in [1.54, 1.807) is 0 Å². The summed E-state index contributed by atoms with van der Waals surface area (Å²) < 4.78 is 17.4. The maximum Gasteiger partial charge on any atom is 0.189 e. The number of hydrogen-bond donors (Lipinski definition) is 4. The van der Waals surface area contributed by atoms with Crippen molar-refractivity contribution >= 4 is 0 Å². The molecule has 0 radical (unpaired) electrons. The molecule has 164 valence electrons. The SMILES string of the molecule is OC[C@H]1O[C@@H](OC(CCCc2ccccc2)OCC2CCCC2)[C@H](O)[C@@H](O)[C@@H]1O. The minimum Gasteiger partial charge on any atom is -0.394 e. The summed E-state index contributed by atoms with van der Waals surface area (Å²) in [6, 6.07) is 10.2. The molecule has 0 amide bonds. The Labute approximate surface area is 172 Å². The Kier molecular flexibility index (Phi) is 8.86. The quantitative estimate of drug-likeness (QED) is 0.431. The lowest BCUT2D eigenvalue weighted by Gasteiger charge is -2.40. The molecule has 6 atom stereocenters. The number of aryl methyl sites for hydroxylation is 1. The molecule has 0 aromatic heterocycles. The number of ether oxygens (including phenoxy) is 3. The van der Waals surface area contributed by atoms with Gasteiger partial charge in [-0.05, 0) is 43.6 Å². The second-order valence-electron chi connectivity index (χ2n) is 8.12. The monoisotopic (exact) mass is 410 g/mol. The summed E-state index contributed by atoms with van der Waals surface area (Å²) in [5.74, 6) is 0.519. The van der Waals surface area contributed by atoms with Crippen molar-refractivity contribution in [2.24, 2.45) is 5.92 Å². The molecule has 4 N–H and O–H groups in total. The van der Waals surface area contributed by atoms with Crippen LogP contribution in [0.4, 0.5) is 0 Å². The van der Waals surface area contributed by atoms with Gasteiger partial charge in [-0.2, -0.15) is 0 Å². The van der Waals surface area contributed by atoms with E-state index >= 15 is 0 Å². The predicted octanol–water partition coefficient (Wildman–Crippen LogP) is 1.36. The van der Waals surface area contributed by atoms with Crippen LogP contribution in [0.1, 0.15) is 44.1 Å². The second kappa shape index (κ2) is 11.4. The molecule has 0 bridgehead atoms. The van der Waals surface area contributed by atoms with E-state index in [9.17, 15) is 20.4 Å². The average molecular weight is 411 g/mol. The van der Waals surface area contributed by atoms with Crippen LogP contribution in [0.15, 0.2) is 30.3 Å². The van der Waals surface area contributed by atoms with E-state index < -0.39 is 43.6 Å². The summed E-state index contributed by atoms with van der Waals surface area (Å²) >= 11 is 0. The van der Waals surface area contributed by atoms with Gasteiger partial charge in [0, 0.05) is 0 Å². The van der Waals surface area contributed by atoms with Gasteiger partial charge in [0.05, 0.1) is 13.2 Å². The molecular formula is C22H34O7. The van der Waals surface area contributed by atoms with Crippen molar-refractivity contribution < 1.29 is 34.6 Å². The summed E-state index contributed by atoms with van der Waals surface area (Å²) in [5, 5.41) is 39.6. The third kappa shape index (κ3) is 6.46. The van der Waals surface area contributed by atoms with Crippen molar-refractivity contribution in [1.29, 1.82) is 0 Å². The summed E-state index contributed by atoms with van der Waals surface area (Å²) in [4.78, 5) is 0. The summed E-state index contributed by atoms with van der Waals surface area (Å²) in [7, 11) is 0. The van der Waals surface area contributed by atoms with Gasteiger partial charge in [0.2, 0.25) is 0 Å². The Balaban J connectivity index is 1.56.